The van der Waals surface area contributed by atoms with E-state index in [1.54, 1.807) is 0 Å². The van der Waals surface area contributed by atoms with Crippen molar-refractivity contribution in [1.29, 1.82) is 0 Å². The van der Waals surface area contributed by atoms with Crippen LogP contribution in [0.3, 0.4) is 0 Å². The zero-order chi connectivity index (χ0) is 23.4. The maximum Gasteiger partial charge on any atom is 0.308 e. The van der Waals surface area contributed by atoms with Crippen molar-refractivity contribution in [2.24, 2.45) is 0 Å². The van der Waals surface area contributed by atoms with E-state index >= 15 is 0 Å². The second kappa shape index (κ2) is 7.33. The Bertz CT molecular complexity index is 1110. The summed E-state index contributed by atoms with van der Waals surface area (Å²) in [6.45, 7) is 7.73. The van der Waals surface area contributed by atoms with E-state index in [4.69, 9.17) is 14.2 Å². The van der Waals surface area contributed by atoms with Gasteiger partial charge in [0.1, 0.15) is 28.9 Å². The van der Waals surface area contributed by atoms with Gasteiger partial charge in [-0.15, -0.1) is 0 Å². The Labute approximate surface area is 178 Å². The van der Waals surface area contributed by atoms with Crippen molar-refractivity contribution >= 4 is 29.3 Å². The zero-order valence-electron chi connectivity index (χ0n) is 18.0. The third kappa shape index (κ3) is 3.20. The van der Waals surface area contributed by atoms with Crippen LogP contribution in [-0.4, -0.2) is 40.5 Å². The van der Waals surface area contributed by atoms with E-state index in [2.05, 4.69) is 0 Å². The van der Waals surface area contributed by atoms with Crippen molar-refractivity contribution in [1.82, 2.24) is 0 Å². The Morgan fingerprint density at radius 3 is 2.03 bits per heavy atom. The highest BCUT2D eigenvalue weighted by Crippen LogP contribution is 2.59. The Balaban J connectivity index is 2.48. The van der Waals surface area contributed by atoms with E-state index in [-0.39, 0.29) is 45.9 Å². The molecule has 0 saturated carbocycles. The van der Waals surface area contributed by atoms with E-state index in [1.807, 2.05) is 0 Å². The predicted molar refractivity (Wildman–Crippen MR) is 106 cm³/mol. The van der Waals surface area contributed by atoms with Gasteiger partial charge in [-0.2, -0.15) is 0 Å². The van der Waals surface area contributed by atoms with Crippen LogP contribution < -0.4 is 14.2 Å². The minimum Gasteiger partial charge on any atom is -0.510 e. The molecule has 164 valence electrons. The molecule has 0 spiro atoms. The van der Waals surface area contributed by atoms with Gasteiger partial charge in [0, 0.05) is 25.8 Å². The third-order valence-electron chi connectivity index (χ3n) is 5.59. The van der Waals surface area contributed by atoms with Gasteiger partial charge in [0.25, 0.3) is 0 Å². The molecule has 1 aliphatic carbocycles. The first-order chi connectivity index (χ1) is 14.3. The van der Waals surface area contributed by atoms with Gasteiger partial charge in [-0.05, 0) is 27.7 Å². The summed E-state index contributed by atoms with van der Waals surface area (Å²) in [6.07, 6.45) is -1.22. The number of esters is 2. The first kappa shape index (κ1) is 22.2. The summed E-state index contributed by atoms with van der Waals surface area (Å²) in [5, 5.41) is 11.0. The number of allylic oxidation sites excluding steroid dienone is 1. The summed E-state index contributed by atoms with van der Waals surface area (Å²) < 4.78 is 16.6. The molecule has 0 fully saturated rings. The molecule has 1 aromatic carbocycles. The second-order valence-corrected chi connectivity index (χ2v) is 7.82. The van der Waals surface area contributed by atoms with Gasteiger partial charge in [-0.1, -0.05) is 0 Å². The third-order valence-corrected chi connectivity index (χ3v) is 5.59. The largest absolute Gasteiger partial charge is 0.510 e. The molecule has 31 heavy (non-hydrogen) atoms. The van der Waals surface area contributed by atoms with Crippen molar-refractivity contribution in [2.75, 3.05) is 0 Å². The predicted octanol–water partition coefficient (Wildman–Crippen LogP) is 2.44. The number of ether oxygens (including phenoxy) is 3. The van der Waals surface area contributed by atoms with Gasteiger partial charge in [-0.25, -0.2) is 0 Å². The molecule has 0 radical (unpaired) electrons. The van der Waals surface area contributed by atoms with Crippen LogP contribution in [0.5, 0.6) is 17.2 Å². The lowest BCUT2D eigenvalue weighted by Gasteiger charge is -2.35. The van der Waals surface area contributed by atoms with Gasteiger partial charge in [0.2, 0.25) is 0 Å². The normalized spacial score (nSPS) is 21.7. The summed E-state index contributed by atoms with van der Waals surface area (Å²) in [6, 6.07) is 0. The molecule has 0 aromatic heterocycles. The molecule has 9 nitrogen and oxygen atoms in total. The van der Waals surface area contributed by atoms with E-state index in [9.17, 15) is 29.1 Å². The number of aliphatic hydroxyl groups excluding tert-OH is 1. The first-order valence-corrected chi connectivity index (χ1v) is 9.55. The van der Waals surface area contributed by atoms with E-state index in [0.717, 1.165) is 20.8 Å². The molecule has 1 heterocycles. The summed E-state index contributed by atoms with van der Waals surface area (Å²) in [7, 11) is 0. The van der Waals surface area contributed by atoms with Crippen molar-refractivity contribution in [3.05, 3.63) is 28.0 Å². The minimum absolute atomic E-state index is 0.0674. The van der Waals surface area contributed by atoms with E-state index in [1.165, 1.54) is 20.8 Å². The molecule has 0 saturated heterocycles. The molecule has 0 amide bonds. The fourth-order valence-electron chi connectivity index (χ4n) is 4.22. The molecule has 1 N–H and O–H groups in total. The molecule has 0 bridgehead atoms. The fraction of sp³-hybridized carbons (Fsp3) is 0.409. The number of rotatable bonds is 4. The number of ketones is 3. The number of hydrogen-bond acceptors (Lipinski definition) is 9. The highest BCUT2D eigenvalue weighted by Gasteiger charge is 2.58. The average molecular weight is 430 g/mol. The monoisotopic (exact) mass is 430 g/mol. The van der Waals surface area contributed by atoms with Crippen molar-refractivity contribution in [3.8, 4) is 17.2 Å². The Kier molecular flexibility index (Phi) is 5.25. The number of benzene rings is 1. The number of fused-ring (bicyclic) bond motifs is 3. The summed E-state index contributed by atoms with van der Waals surface area (Å²) in [4.78, 5) is 60.7. The van der Waals surface area contributed by atoms with Crippen LogP contribution in [0.4, 0.5) is 0 Å². The average Bonchev–Trinajstić information content (AvgIpc) is 2.90. The van der Waals surface area contributed by atoms with Gasteiger partial charge < -0.3 is 19.3 Å². The van der Waals surface area contributed by atoms with Crippen LogP contribution >= 0.6 is 0 Å². The van der Waals surface area contributed by atoms with Crippen LogP contribution in [0.25, 0.3) is 0 Å². The molecule has 1 aromatic rings. The number of Topliss-reactive ketones (excluding diaryl/α,β-unsaturated/α-hetero) is 3. The van der Waals surface area contributed by atoms with Crippen molar-refractivity contribution < 1.29 is 43.3 Å². The van der Waals surface area contributed by atoms with E-state index < -0.39 is 46.6 Å². The van der Waals surface area contributed by atoms with Crippen LogP contribution in [0.15, 0.2) is 11.3 Å². The second-order valence-electron chi connectivity index (χ2n) is 7.82. The van der Waals surface area contributed by atoms with Gasteiger partial charge in [0.05, 0.1) is 16.6 Å². The summed E-state index contributed by atoms with van der Waals surface area (Å²) in [5.74, 6) is -3.95. The number of aliphatic hydroxyl groups is 1. The SMILES string of the molecule is CC(=O)Oc1c(C)c(OC(C)=O)c2c(c1C(C)=O)O[C@H]1CC(=O)C(C(C)=O)=C(O)[C@@]21C. The van der Waals surface area contributed by atoms with Crippen LogP contribution in [0.1, 0.15) is 62.5 Å². The highest BCUT2D eigenvalue weighted by molar-refractivity contribution is 6.21. The maximum atomic E-state index is 12.5. The maximum absolute atomic E-state index is 12.5. The number of carbonyl (C=O) groups excluding carboxylic acids is 5. The van der Waals surface area contributed by atoms with Crippen molar-refractivity contribution in [2.45, 2.75) is 59.5 Å². The van der Waals surface area contributed by atoms with E-state index in [0.29, 0.717) is 0 Å². The fourth-order valence-corrected chi connectivity index (χ4v) is 4.22. The molecule has 3 rings (SSSR count). The van der Waals surface area contributed by atoms with Gasteiger partial charge in [0.15, 0.2) is 23.1 Å². The van der Waals surface area contributed by atoms with Crippen molar-refractivity contribution in [3.63, 3.8) is 0 Å². The topological polar surface area (TPSA) is 133 Å². The lowest BCUT2D eigenvalue weighted by Crippen LogP contribution is -2.45. The molecule has 2 aliphatic rings. The first-order valence-electron chi connectivity index (χ1n) is 9.55. The Morgan fingerprint density at radius 2 is 1.55 bits per heavy atom. The molecule has 9 heteroatoms. The molecule has 0 unspecified atom stereocenters. The van der Waals surface area contributed by atoms with Crippen LogP contribution in [0.2, 0.25) is 0 Å². The number of carbonyl (C=O) groups is 5. The summed E-state index contributed by atoms with van der Waals surface area (Å²) >= 11 is 0. The Hall–Kier alpha value is -3.49. The van der Waals surface area contributed by atoms with Crippen LogP contribution in [-0.2, 0) is 24.6 Å². The lowest BCUT2D eigenvalue weighted by atomic mass is 9.68. The van der Waals surface area contributed by atoms with Crippen LogP contribution in [0, 0.1) is 6.92 Å². The lowest BCUT2D eigenvalue weighted by molar-refractivity contribution is -0.132. The standard InChI is InChI=1S/C22H22O9/c1-8-18(29-11(4)25)16(10(3)24)20-17(19(8)30-12(5)26)22(6)14(31-20)7-13(27)15(9(2)23)21(22)28/h14,28H,7H2,1-6H3/t14-,22+/m0/s1. The molecule has 2 atom stereocenters. The molecule has 1 aliphatic heterocycles. The highest BCUT2D eigenvalue weighted by atomic mass is 16.6. The summed E-state index contributed by atoms with van der Waals surface area (Å²) in [5.41, 5.74) is -1.61. The smallest absolute Gasteiger partial charge is 0.308 e. The molecular formula is C22H22O9. The number of hydrogen-bond donors (Lipinski definition) is 1. The van der Waals surface area contributed by atoms with Gasteiger partial charge in [-0.3, -0.25) is 24.0 Å². The quantitative estimate of drug-likeness (QED) is 0.331. The minimum atomic E-state index is -1.46. The Morgan fingerprint density at radius 1 is 1.00 bits per heavy atom. The molecular weight excluding hydrogens is 408 g/mol. The van der Waals surface area contributed by atoms with Gasteiger partial charge >= 0.3 is 11.9 Å². The zero-order valence-corrected chi connectivity index (χ0v) is 18.0.